The summed E-state index contributed by atoms with van der Waals surface area (Å²) in [7, 11) is 0. The molecule has 1 aliphatic rings. The zero-order chi connectivity index (χ0) is 15.4. The minimum absolute atomic E-state index is 0.0582. The third kappa shape index (κ3) is 3.83. The van der Waals surface area contributed by atoms with Gasteiger partial charge in [-0.1, -0.05) is 31.2 Å². The van der Waals surface area contributed by atoms with Crippen LogP contribution in [0.3, 0.4) is 0 Å². The summed E-state index contributed by atoms with van der Waals surface area (Å²) in [4.78, 5) is 2.38. The molecule has 4 nitrogen and oxygen atoms in total. The van der Waals surface area contributed by atoms with Crippen molar-refractivity contribution in [1.82, 2.24) is 4.90 Å². The summed E-state index contributed by atoms with van der Waals surface area (Å²) in [5, 5.41) is 9.45. The third-order valence-corrected chi connectivity index (χ3v) is 4.34. The van der Waals surface area contributed by atoms with Crippen molar-refractivity contribution in [3.8, 4) is 0 Å². The Bertz CT molecular complexity index is 452. The van der Waals surface area contributed by atoms with E-state index >= 15 is 0 Å². The molecule has 4 heteroatoms. The number of nitrogens with zero attached hydrogens (tertiary/aromatic N) is 1. The number of hydrogen-bond acceptors (Lipinski definition) is 4. The molecule has 0 aliphatic carbocycles. The van der Waals surface area contributed by atoms with E-state index in [2.05, 4.69) is 49.9 Å². The molecule has 1 aromatic carbocycles. The predicted octanol–water partition coefficient (Wildman–Crippen LogP) is 1.86. The lowest BCUT2D eigenvalue weighted by Gasteiger charge is -2.43. The fourth-order valence-corrected chi connectivity index (χ4v) is 3.25. The molecule has 2 rings (SSSR count). The molecule has 1 aliphatic heterocycles. The molecule has 3 N–H and O–H groups in total. The summed E-state index contributed by atoms with van der Waals surface area (Å²) in [5.41, 5.74) is 9.00. The van der Waals surface area contributed by atoms with Crippen LogP contribution in [0.5, 0.6) is 0 Å². The van der Waals surface area contributed by atoms with E-state index in [0.29, 0.717) is 0 Å². The molecule has 0 spiro atoms. The van der Waals surface area contributed by atoms with Crippen LogP contribution in [0.1, 0.15) is 37.4 Å². The molecule has 1 saturated heterocycles. The van der Waals surface area contributed by atoms with Crippen LogP contribution in [0.2, 0.25) is 0 Å². The zero-order valence-corrected chi connectivity index (χ0v) is 13.3. The maximum atomic E-state index is 9.45. The molecule has 0 amide bonds. The standard InChI is InChI=1S/C17H28N2O2/c1-4-16(18)17(15-8-6-5-7-12(15)2)19-9-13(3)21-14(10-19)11-20/h5-8,13-14,16-17,20H,4,9-11,18H2,1-3H3. The van der Waals surface area contributed by atoms with Crippen LogP contribution in [0.15, 0.2) is 24.3 Å². The van der Waals surface area contributed by atoms with Crippen molar-refractivity contribution in [2.45, 2.75) is 51.5 Å². The molecule has 0 radical (unpaired) electrons. The number of ether oxygens (including phenoxy) is 1. The third-order valence-electron chi connectivity index (χ3n) is 4.34. The van der Waals surface area contributed by atoms with Gasteiger partial charge in [0.2, 0.25) is 0 Å². The van der Waals surface area contributed by atoms with Gasteiger partial charge < -0.3 is 15.6 Å². The van der Waals surface area contributed by atoms with Crippen LogP contribution >= 0.6 is 0 Å². The smallest absolute Gasteiger partial charge is 0.0936 e. The van der Waals surface area contributed by atoms with E-state index < -0.39 is 0 Å². The van der Waals surface area contributed by atoms with Gasteiger partial charge in [-0.3, -0.25) is 4.90 Å². The lowest BCUT2D eigenvalue weighted by molar-refractivity contribution is -0.108. The SMILES string of the molecule is CCC(N)C(c1ccccc1C)N1CC(C)OC(CO)C1. The maximum absolute atomic E-state index is 9.45. The van der Waals surface area contributed by atoms with E-state index in [1.807, 2.05) is 0 Å². The normalized spacial score (nSPS) is 26.5. The highest BCUT2D eigenvalue weighted by atomic mass is 16.5. The minimum atomic E-state index is -0.121. The van der Waals surface area contributed by atoms with Crippen molar-refractivity contribution in [2.24, 2.45) is 5.73 Å². The van der Waals surface area contributed by atoms with Crippen molar-refractivity contribution < 1.29 is 9.84 Å². The van der Waals surface area contributed by atoms with Gasteiger partial charge >= 0.3 is 0 Å². The van der Waals surface area contributed by atoms with Crippen molar-refractivity contribution in [3.05, 3.63) is 35.4 Å². The molecule has 1 fully saturated rings. The molecule has 118 valence electrons. The highest BCUT2D eigenvalue weighted by molar-refractivity contribution is 5.30. The number of aliphatic hydroxyl groups is 1. The van der Waals surface area contributed by atoms with E-state index in [-0.39, 0.29) is 30.9 Å². The van der Waals surface area contributed by atoms with Crippen molar-refractivity contribution in [2.75, 3.05) is 19.7 Å². The fraction of sp³-hybridized carbons (Fsp3) is 0.647. The first-order chi connectivity index (χ1) is 10.1. The van der Waals surface area contributed by atoms with Crippen LogP contribution in [0.4, 0.5) is 0 Å². The Morgan fingerprint density at radius 2 is 2.10 bits per heavy atom. The first-order valence-corrected chi connectivity index (χ1v) is 7.88. The Hall–Kier alpha value is -0.940. The largest absolute Gasteiger partial charge is 0.394 e. The summed E-state index contributed by atoms with van der Waals surface area (Å²) in [5.74, 6) is 0. The lowest BCUT2D eigenvalue weighted by atomic mass is 9.92. The van der Waals surface area contributed by atoms with Crippen LogP contribution in [0.25, 0.3) is 0 Å². The lowest BCUT2D eigenvalue weighted by Crippen LogP contribution is -2.52. The summed E-state index contributed by atoms with van der Waals surface area (Å²) in [6, 6.07) is 8.70. The second-order valence-electron chi connectivity index (χ2n) is 6.08. The van der Waals surface area contributed by atoms with Gasteiger partial charge in [-0.05, 0) is 31.4 Å². The van der Waals surface area contributed by atoms with Gasteiger partial charge in [0.15, 0.2) is 0 Å². The van der Waals surface area contributed by atoms with E-state index in [9.17, 15) is 5.11 Å². The number of benzene rings is 1. The molecule has 0 bridgehead atoms. The summed E-state index contributed by atoms with van der Waals surface area (Å²) < 4.78 is 5.76. The summed E-state index contributed by atoms with van der Waals surface area (Å²) >= 11 is 0. The van der Waals surface area contributed by atoms with Crippen LogP contribution < -0.4 is 5.73 Å². The fourth-order valence-electron chi connectivity index (χ4n) is 3.25. The number of nitrogens with two attached hydrogens (primary N) is 1. The van der Waals surface area contributed by atoms with Gasteiger partial charge in [-0.15, -0.1) is 0 Å². The first-order valence-electron chi connectivity index (χ1n) is 7.88. The van der Waals surface area contributed by atoms with E-state index in [0.717, 1.165) is 19.5 Å². The monoisotopic (exact) mass is 292 g/mol. The quantitative estimate of drug-likeness (QED) is 0.869. The zero-order valence-electron chi connectivity index (χ0n) is 13.3. The average molecular weight is 292 g/mol. The molecule has 21 heavy (non-hydrogen) atoms. The van der Waals surface area contributed by atoms with Gasteiger partial charge in [0.05, 0.1) is 24.9 Å². The second kappa shape index (κ2) is 7.36. The van der Waals surface area contributed by atoms with Gasteiger partial charge in [0, 0.05) is 19.1 Å². The number of aryl methyl sites for hydroxylation is 1. The van der Waals surface area contributed by atoms with Crippen molar-refractivity contribution in [1.29, 1.82) is 0 Å². The predicted molar refractivity (Wildman–Crippen MR) is 85.2 cm³/mol. The van der Waals surface area contributed by atoms with Gasteiger partial charge in [0.25, 0.3) is 0 Å². The molecule has 4 atom stereocenters. The van der Waals surface area contributed by atoms with Crippen LogP contribution in [-0.2, 0) is 4.74 Å². The number of aliphatic hydroxyl groups excluding tert-OH is 1. The maximum Gasteiger partial charge on any atom is 0.0936 e. The van der Waals surface area contributed by atoms with Gasteiger partial charge in [-0.2, -0.15) is 0 Å². The van der Waals surface area contributed by atoms with E-state index in [4.69, 9.17) is 10.5 Å². The molecular weight excluding hydrogens is 264 g/mol. The molecule has 4 unspecified atom stereocenters. The molecule has 1 aromatic rings. The molecular formula is C17H28N2O2. The number of morpholine rings is 1. The minimum Gasteiger partial charge on any atom is -0.394 e. The highest BCUT2D eigenvalue weighted by Gasteiger charge is 2.33. The Kier molecular flexibility index (Phi) is 5.76. The first kappa shape index (κ1) is 16.4. The van der Waals surface area contributed by atoms with Gasteiger partial charge in [-0.25, -0.2) is 0 Å². The van der Waals surface area contributed by atoms with E-state index in [1.54, 1.807) is 0 Å². The average Bonchev–Trinajstić information content (AvgIpc) is 2.48. The highest BCUT2D eigenvalue weighted by Crippen LogP contribution is 2.30. The molecule has 0 aromatic heterocycles. The Labute approximate surface area is 127 Å². The summed E-state index contributed by atoms with van der Waals surface area (Å²) in [6.45, 7) is 7.96. The van der Waals surface area contributed by atoms with Crippen LogP contribution in [0, 0.1) is 6.92 Å². The number of hydrogen-bond donors (Lipinski definition) is 2. The van der Waals surface area contributed by atoms with Crippen molar-refractivity contribution >= 4 is 0 Å². The van der Waals surface area contributed by atoms with Gasteiger partial charge in [0.1, 0.15) is 0 Å². The van der Waals surface area contributed by atoms with E-state index in [1.165, 1.54) is 11.1 Å². The Morgan fingerprint density at radius 3 is 2.71 bits per heavy atom. The van der Waals surface area contributed by atoms with Crippen molar-refractivity contribution in [3.63, 3.8) is 0 Å². The number of rotatable bonds is 5. The topological polar surface area (TPSA) is 58.7 Å². The second-order valence-corrected chi connectivity index (χ2v) is 6.08. The molecule has 0 saturated carbocycles. The summed E-state index contributed by atoms with van der Waals surface area (Å²) in [6.07, 6.45) is 0.921. The molecule has 1 heterocycles. The van der Waals surface area contributed by atoms with Crippen LogP contribution in [-0.4, -0.2) is 48.0 Å². The Balaban J connectivity index is 2.30. The Morgan fingerprint density at radius 1 is 1.38 bits per heavy atom.